The number of aliphatic hydroxyl groups is 3. The second kappa shape index (κ2) is 6.18. The predicted octanol–water partition coefficient (Wildman–Crippen LogP) is 0.575. The monoisotopic (exact) mass is 245 g/mol. The van der Waals surface area contributed by atoms with Crippen molar-refractivity contribution in [1.82, 2.24) is 0 Å². The van der Waals surface area contributed by atoms with Crippen molar-refractivity contribution < 1.29 is 15.3 Å². The van der Waals surface area contributed by atoms with E-state index in [9.17, 15) is 10.2 Å². The lowest BCUT2D eigenvalue weighted by Gasteiger charge is -2.18. The van der Waals surface area contributed by atoms with Gasteiger partial charge in [0.25, 0.3) is 0 Å². The van der Waals surface area contributed by atoms with Crippen molar-refractivity contribution in [3.8, 4) is 0 Å². The summed E-state index contributed by atoms with van der Waals surface area (Å²) in [7, 11) is 0. The van der Waals surface area contributed by atoms with Crippen LogP contribution in [0.1, 0.15) is 23.7 Å². The molecule has 1 aromatic carbocycles. The maximum absolute atomic E-state index is 9.80. The van der Waals surface area contributed by atoms with Gasteiger partial charge in [-0.2, -0.15) is 0 Å². The summed E-state index contributed by atoms with van der Waals surface area (Å²) in [6.07, 6.45) is -1.60. The van der Waals surface area contributed by atoms with Gasteiger partial charge in [-0.05, 0) is 36.2 Å². The van der Waals surface area contributed by atoms with Gasteiger partial charge in [0.1, 0.15) is 6.10 Å². The Balaban J connectivity index is 2.87. The fourth-order valence-corrected chi connectivity index (χ4v) is 1.63. The molecule has 2 unspecified atom stereocenters. The summed E-state index contributed by atoms with van der Waals surface area (Å²) in [6.45, 7) is 0.102. The van der Waals surface area contributed by atoms with Gasteiger partial charge in [0, 0.05) is 5.02 Å². The molecule has 0 aliphatic heterocycles. The van der Waals surface area contributed by atoms with Crippen LogP contribution in [0.5, 0.6) is 0 Å². The standard InChI is InChI=1S/C11H16ClNO3/c12-9-2-1-7(5-8(9)6-14)11(16)10(15)3-4-13/h1-2,5,10-11,14-16H,3-4,6,13H2. The normalized spacial score (nSPS) is 14.8. The second-order valence-corrected chi connectivity index (χ2v) is 4.01. The SMILES string of the molecule is NCCC(O)C(O)c1ccc(Cl)c(CO)c1. The largest absolute Gasteiger partial charge is 0.392 e. The van der Waals surface area contributed by atoms with Gasteiger partial charge in [-0.3, -0.25) is 0 Å². The lowest BCUT2D eigenvalue weighted by atomic mass is 10.0. The summed E-state index contributed by atoms with van der Waals surface area (Å²) in [5.74, 6) is 0. The minimum absolute atomic E-state index is 0.202. The van der Waals surface area contributed by atoms with Crippen LogP contribution in [0.25, 0.3) is 0 Å². The Morgan fingerprint density at radius 3 is 2.56 bits per heavy atom. The smallest absolute Gasteiger partial charge is 0.105 e. The second-order valence-electron chi connectivity index (χ2n) is 3.60. The van der Waals surface area contributed by atoms with Gasteiger partial charge >= 0.3 is 0 Å². The van der Waals surface area contributed by atoms with Gasteiger partial charge in [0.15, 0.2) is 0 Å². The Kier molecular flexibility index (Phi) is 5.18. The zero-order valence-corrected chi connectivity index (χ0v) is 9.56. The highest BCUT2D eigenvalue weighted by Gasteiger charge is 2.18. The van der Waals surface area contributed by atoms with Crippen molar-refractivity contribution in [3.63, 3.8) is 0 Å². The van der Waals surface area contributed by atoms with Gasteiger partial charge in [-0.1, -0.05) is 17.7 Å². The minimum Gasteiger partial charge on any atom is -0.392 e. The van der Waals surface area contributed by atoms with Crippen LogP contribution in [-0.4, -0.2) is 28.0 Å². The molecule has 5 N–H and O–H groups in total. The van der Waals surface area contributed by atoms with Crippen molar-refractivity contribution in [2.24, 2.45) is 5.73 Å². The summed E-state index contributed by atoms with van der Waals surface area (Å²) in [5.41, 5.74) is 6.34. The number of hydrogen-bond acceptors (Lipinski definition) is 4. The molecule has 0 heterocycles. The van der Waals surface area contributed by atoms with Gasteiger partial charge in [-0.25, -0.2) is 0 Å². The number of hydrogen-bond donors (Lipinski definition) is 4. The van der Waals surface area contributed by atoms with E-state index in [0.29, 0.717) is 29.1 Å². The quantitative estimate of drug-likeness (QED) is 0.611. The molecule has 0 spiro atoms. The van der Waals surface area contributed by atoms with Crippen molar-refractivity contribution in [1.29, 1.82) is 0 Å². The van der Waals surface area contributed by atoms with E-state index in [0.717, 1.165) is 0 Å². The number of nitrogens with two attached hydrogens (primary N) is 1. The first-order chi connectivity index (χ1) is 7.60. The minimum atomic E-state index is -1.01. The molecule has 0 aromatic heterocycles. The molecule has 5 heteroatoms. The van der Waals surface area contributed by atoms with Crippen molar-refractivity contribution in [3.05, 3.63) is 34.3 Å². The fraction of sp³-hybridized carbons (Fsp3) is 0.455. The van der Waals surface area contributed by atoms with Crippen LogP contribution < -0.4 is 5.73 Å². The predicted molar refractivity (Wildman–Crippen MR) is 62.0 cm³/mol. The molecule has 4 nitrogen and oxygen atoms in total. The Labute approximate surface area is 99.3 Å². The van der Waals surface area contributed by atoms with Crippen LogP contribution >= 0.6 is 11.6 Å². The van der Waals surface area contributed by atoms with Crippen LogP contribution in [0.4, 0.5) is 0 Å². The average Bonchev–Trinajstić information content (AvgIpc) is 2.29. The van der Waals surface area contributed by atoms with Crippen LogP contribution in [-0.2, 0) is 6.61 Å². The Bertz CT molecular complexity index is 346. The highest BCUT2D eigenvalue weighted by atomic mass is 35.5. The highest BCUT2D eigenvalue weighted by molar-refractivity contribution is 6.31. The van der Waals surface area contributed by atoms with E-state index in [2.05, 4.69) is 0 Å². The Morgan fingerprint density at radius 1 is 1.31 bits per heavy atom. The zero-order valence-electron chi connectivity index (χ0n) is 8.81. The topological polar surface area (TPSA) is 86.7 Å². The van der Waals surface area contributed by atoms with E-state index in [4.69, 9.17) is 22.4 Å². The lowest BCUT2D eigenvalue weighted by Crippen LogP contribution is -2.21. The maximum atomic E-state index is 9.80. The number of halogens is 1. The lowest BCUT2D eigenvalue weighted by molar-refractivity contribution is 0.0149. The van der Waals surface area contributed by atoms with Crippen LogP contribution in [0, 0.1) is 0 Å². The molecule has 0 aliphatic rings. The van der Waals surface area contributed by atoms with Gasteiger partial charge in [-0.15, -0.1) is 0 Å². The first-order valence-electron chi connectivity index (χ1n) is 5.05. The molecule has 0 saturated heterocycles. The van der Waals surface area contributed by atoms with E-state index < -0.39 is 12.2 Å². The molecule has 0 radical (unpaired) electrons. The van der Waals surface area contributed by atoms with E-state index in [1.165, 1.54) is 0 Å². The Hall–Kier alpha value is -0.650. The first kappa shape index (κ1) is 13.4. The molecular weight excluding hydrogens is 230 g/mol. The van der Waals surface area contributed by atoms with Crippen LogP contribution in [0.15, 0.2) is 18.2 Å². The first-order valence-corrected chi connectivity index (χ1v) is 5.43. The third-order valence-electron chi connectivity index (χ3n) is 2.41. The van der Waals surface area contributed by atoms with E-state index >= 15 is 0 Å². The fourth-order valence-electron chi connectivity index (χ4n) is 1.45. The summed E-state index contributed by atoms with van der Waals surface area (Å²) < 4.78 is 0. The van der Waals surface area contributed by atoms with Gasteiger partial charge < -0.3 is 21.1 Å². The van der Waals surface area contributed by atoms with E-state index in [1.54, 1.807) is 18.2 Å². The third-order valence-corrected chi connectivity index (χ3v) is 2.78. The molecule has 90 valence electrons. The van der Waals surface area contributed by atoms with Crippen molar-refractivity contribution in [2.45, 2.75) is 25.2 Å². The summed E-state index contributed by atoms with van der Waals surface area (Å²) in [6, 6.07) is 4.78. The van der Waals surface area contributed by atoms with E-state index in [-0.39, 0.29) is 6.61 Å². The zero-order chi connectivity index (χ0) is 12.1. The number of rotatable bonds is 5. The molecule has 2 atom stereocenters. The molecular formula is C11H16ClNO3. The van der Waals surface area contributed by atoms with Crippen LogP contribution in [0.2, 0.25) is 5.02 Å². The molecule has 0 aliphatic carbocycles. The molecule has 0 amide bonds. The van der Waals surface area contributed by atoms with Gasteiger partial charge in [0.05, 0.1) is 12.7 Å². The molecule has 0 bridgehead atoms. The molecule has 0 fully saturated rings. The van der Waals surface area contributed by atoms with Crippen molar-refractivity contribution in [2.75, 3.05) is 6.54 Å². The van der Waals surface area contributed by atoms with Gasteiger partial charge in [0.2, 0.25) is 0 Å². The molecule has 1 aromatic rings. The summed E-state index contributed by atoms with van der Waals surface area (Å²) in [4.78, 5) is 0. The Morgan fingerprint density at radius 2 is 2.00 bits per heavy atom. The maximum Gasteiger partial charge on any atom is 0.105 e. The van der Waals surface area contributed by atoms with Crippen molar-refractivity contribution >= 4 is 11.6 Å². The molecule has 16 heavy (non-hydrogen) atoms. The van der Waals surface area contributed by atoms with Crippen LogP contribution in [0.3, 0.4) is 0 Å². The average molecular weight is 246 g/mol. The summed E-state index contributed by atoms with van der Waals surface area (Å²) >= 11 is 5.82. The number of benzene rings is 1. The highest BCUT2D eigenvalue weighted by Crippen LogP contribution is 2.24. The number of aliphatic hydroxyl groups excluding tert-OH is 3. The van der Waals surface area contributed by atoms with E-state index in [1.807, 2.05) is 0 Å². The molecule has 0 saturated carbocycles. The third kappa shape index (κ3) is 3.17. The summed E-state index contributed by atoms with van der Waals surface area (Å²) in [5, 5.41) is 28.8. The molecule has 1 rings (SSSR count).